The molecule has 5 heteroatoms. The highest BCUT2D eigenvalue weighted by molar-refractivity contribution is 5.79. The van der Waals surface area contributed by atoms with Crippen LogP contribution in [0.1, 0.15) is 42.4 Å². The van der Waals surface area contributed by atoms with Crippen molar-refractivity contribution >= 4 is 5.91 Å². The molecule has 0 spiro atoms. The molecule has 2 saturated heterocycles. The summed E-state index contributed by atoms with van der Waals surface area (Å²) in [5, 5.41) is 3.13. The number of likely N-dealkylation sites (tertiary alicyclic amines) is 2. The lowest BCUT2D eigenvalue weighted by Gasteiger charge is -2.32. The van der Waals surface area contributed by atoms with Crippen LogP contribution in [0.2, 0.25) is 0 Å². The molecule has 1 atom stereocenters. The van der Waals surface area contributed by atoms with Crippen LogP contribution in [0.5, 0.6) is 0 Å². The van der Waals surface area contributed by atoms with E-state index in [1.54, 1.807) is 0 Å². The van der Waals surface area contributed by atoms with Gasteiger partial charge in [0.05, 0.1) is 5.92 Å². The fourth-order valence-electron chi connectivity index (χ4n) is 4.56. The highest BCUT2D eigenvalue weighted by Crippen LogP contribution is 2.19. The first-order chi connectivity index (χ1) is 14.7. The third-order valence-electron chi connectivity index (χ3n) is 6.29. The van der Waals surface area contributed by atoms with Crippen molar-refractivity contribution in [2.24, 2.45) is 5.92 Å². The van der Waals surface area contributed by atoms with Crippen molar-refractivity contribution in [3.63, 3.8) is 0 Å². The summed E-state index contributed by atoms with van der Waals surface area (Å²) in [4.78, 5) is 17.5. The van der Waals surface area contributed by atoms with Crippen LogP contribution in [-0.2, 0) is 24.4 Å². The number of carbonyl (C=O) groups excluding carboxylic acids is 1. The van der Waals surface area contributed by atoms with Crippen molar-refractivity contribution in [1.82, 2.24) is 15.1 Å². The zero-order chi connectivity index (χ0) is 20.8. The van der Waals surface area contributed by atoms with E-state index >= 15 is 0 Å². The number of benzene rings is 2. The van der Waals surface area contributed by atoms with Crippen LogP contribution in [0.3, 0.4) is 0 Å². The Labute approximate surface area is 179 Å². The van der Waals surface area contributed by atoms with Gasteiger partial charge in [-0.2, -0.15) is 0 Å². The van der Waals surface area contributed by atoms with Gasteiger partial charge in [-0.25, -0.2) is 4.39 Å². The zero-order valence-corrected chi connectivity index (χ0v) is 17.7. The first kappa shape index (κ1) is 21.0. The molecule has 160 valence electrons. The maximum Gasteiger partial charge on any atom is 0.224 e. The highest BCUT2D eigenvalue weighted by Gasteiger charge is 2.25. The number of amides is 1. The highest BCUT2D eigenvalue weighted by atomic mass is 19.1. The predicted molar refractivity (Wildman–Crippen MR) is 117 cm³/mol. The SMILES string of the molecule is O=C(NCc1ccc(CN2CCCC2)cc1)[C@@H]1CCCN(Cc2ccc(F)cc2)C1. The topological polar surface area (TPSA) is 35.6 Å². The number of hydrogen-bond donors (Lipinski definition) is 1. The molecule has 0 bridgehead atoms. The molecular weight excluding hydrogens is 377 g/mol. The molecule has 30 heavy (non-hydrogen) atoms. The first-order valence-electron chi connectivity index (χ1n) is 11.2. The van der Waals surface area contributed by atoms with Crippen molar-refractivity contribution in [2.75, 3.05) is 26.2 Å². The summed E-state index contributed by atoms with van der Waals surface area (Å²) < 4.78 is 13.1. The molecule has 2 aromatic rings. The van der Waals surface area contributed by atoms with Crippen LogP contribution in [0.25, 0.3) is 0 Å². The van der Waals surface area contributed by atoms with Gasteiger partial charge in [0, 0.05) is 26.2 Å². The minimum atomic E-state index is -0.210. The molecule has 0 unspecified atom stereocenters. The van der Waals surface area contributed by atoms with E-state index in [1.165, 1.54) is 43.6 Å². The molecule has 0 aromatic heterocycles. The fraction of sp³-hybridized carbons (Fsp3) is 0.480. The van der Waals surface area contributed by atoms with Crippen LogP contribution >= 0.6 is 0 Å². The minimum absolute atomic E-state index is 0.0219. The molecule has 2 aliphatic rings. The molecule has 2 aliphatic heterocycles. The van der Waals surface area contributed by atoms with E-state index in [1.807, 2.05) is 12.1 Å². The lowest BCUT2D eigenvalue weighted by atomic mass is 9.96. The number of nitrogens with one attached hydrogen (secondary N) is 1. The van der Waals surface area contributed by atoms with Crippen molar-refractivity contribution < 1.29 is 9.18 Å². The van der Waals surface area contributed by atoms with Gasteiger partial charge in [-0.1, -0.05) is 36.4 Å². The first-order valence-corrected chi connectivity index (χ1v) is 11.2. The molecule has 4 nitrogen and oxygen atoms in total. The summed E-state index contributed by atoms with van der Waals surface area (Å²) in [6, 6.07) is 15.3. The van der Waals surface area contributed by atoms with E-state index in [-0.39, 0.29) is 17.6 Å². The van der Waals surface area contributed by atoms with E-state index in [0.717, 1.165) is 50.1 Å². The number of piperidine rings is 1. The molecule has 2 heterocycles. The Morgan fingerprint density at radius 1 is 0.833 bits per heavy atom. The van der Waals surface area contributed by atoms with Gasteiger partial charge in [-0.3, -0.25) is 14.6 Å². The fourth-order valence-corrected chi connectivity index (χ4v) is 4.56. The summed E-state index contributed by atoms with van der Waals surface area (Å²) in [6.45, 7) is 6.53. The Hall–Kier alpha value is -2.24. The number of hydrogen-bond acceptors (Lipinski definition) is 3. The Morgan fingerprint density at radius 2 is 1.40 bits per heavy atom. The average molecular weight is 410 g/mol. The molecule has 0 saturated carbocycles. The lowest BCUT2D eigenvalue weighted by molar-refractivity contribution is -0.126. The normalized spacial score (nSPS) is 20.4. The summed E-state index contributed by atoms with van der Waals surface area (Å²) in [5.41, 5.74) is 3.58. The second kappa shape index (κ2) is 10.2. The molecule has 0 radical (unpaired) electrons. The quantitative estimate of drug-likeness (QED) is 0.752. The molecule has 1 amide bonds. The summed E-state index contributed by atoms with van der Waals surface area (Å²) in [6.07, 6.45) is 4.57. The third-order valence-corrected chi connectivity index (χ3v) is 6.29. The van der Waals surface area contributed by atoms with Gasteiger partial charge in [-0.05, 0) is 74.1 Å². The molecule has 4 rings (SSSR count). The predicted octanol–water partition coefficient (Wildman–Crippen LogP) is 3.95. The second-order valence-electron chi connectivity index (χ2n) is 8.72. The monoisotopic (exact) mass is 409 g/mol. The van der Waals surface area contributed by atoms with Crippen molar-refractivity contribution in [3.8, 4) is 0 Å². The molecule has 2 aromatic carbocycles. The zero-order valence-electron chi connectivity index (χ0n) is 17.7. The van der Waals surface area contributed by atoms with Crippen LogP contribution < -0.4 is 5.32 Å². The van der Waals surface area contributed by atoms with Crippen molar-refractivity contribution in [2.45, 2.75) is 45.3 Å². The summed E-state index contributed by atoms with van der Waals surface area (Å²) >= 11 is 0. The van der Waals surface area contributed by atoms with Crippen molar-refractivity contribution in [3.05, 3.63) is 71.0 Å². The molecular formula is C25H32FN3O. The summed E-state index contributed by atoms with van der Waals surface area (Å²) in [7, 11) is 0. The van der Waals surface area contributed by atoms with E-state index < -0.39 is 0 Å². The average Bonchev–Trinajstić information content (AvgIpc) is 3.28. The molecule has 2 fully saturated rings. The Balaban J connectivity index is 1.23. The smallest absolute Gasteiger partial charge is 0.224 e. The van der Waals surface area contributed by atoms with Crippen LogP contribution in [0.15, 0.2) is 48.5 Å². The van der Waals surface area contributed by atoms with Gasteiger partial charge >= 0.3 is 0 Å². The number of rotatable bonds is 7. The number of carbonyl (C=O) groups is 1. The third kappa shape index (κ3) is 5.89. The van der Waals surface area contributed by atoms with Crippen LogP contribution in [0.4, 0.5) is 4.39 Å². The van der Waals surface area contributed by atoms with E-state index in [2.05, 4.69) is 39.4 Å². The maximum atomic E-state index is 13.1. The van der Waals surface area contributed by atoms with E-state index in [4.69, 9.17) is 0 Å². The summed E-state index contributed by atoms with van der Waals surface area (Å²) in [5.74, 6) is -0.0488. The second-order valence-corrected chi connectivity index (χ2v) is 8.72. The van der Waals surface area contributed by atoms with Crippen LogP contribution in [-0.4, -0.2) is 41.9 Å². The number of halogens is 1. The number of nitrogens with zero attached hydrogens (tertiary/aromatic N) is 2. The van der Waals surface area contributed by atoms with Gasteiger partial charge in [0.15, 0.2) is 0 Å². The minimum Gasteiger partial charge on any atom is -0.352 e. The molecule has 0 aliphatic carbocycles. The Kier molecular flexibility index (Phi) is 7.13. The molecule has 1 N–H and O–H groups in total. The van der Waals surface area contributed by atoms with Gasteiger partial charge < -0.3 is 5.32 Å². The largest absolute Gasteiger partial charge is 0.352 e. The van der Waals surface area contributed by atoms with Gasteiger partial charge in [0.2, 0.25) is 5.91 Å². The Bertz CT molecular complexity index is 815. The Morgan fingerprint density at radius 3 is 2.10 bits per heavy atom. The van der Waals surface area contributed by atoms with Gasteiger partial charge in [0.25, 0.3) is 0 Å². The van der Waals surface area contributed by atoms with E-state index in [0.29, 0.717) is 6.54 Å². The van der Waals surface area contributed by atoms with Gasteiger partial charge in [0.1, 0.15) is 5.82 Å². The van der Waals surface area contributed by atoms with E-state index in [9.17, 15) is 9.18 Å². The maximum absolute atomic E-state index is 13.1. The van der Waals surface area contributed by atoms with Gasteiger partial charge in [-0.15, -0.1) is 0 Å². The lowest BCUT2D eigenvalue weighted by Crippen LogP contribution is -2.42. The van der Waals surface area contributed by atoms with Crippen LogP contribution in [0, 0.1) is 11.7 Å². The van der Waals surface area contributed by atoms with Crippen molar-refractivity contribution in [1.29, 1.82) is 0 Å². The standard InChI is InChI=1S/C25H32FN3O/c26-24-11-9-22(10-12-24)18-29-15-3-4-23(19-29)25(30)27-16-20-5-7-21(8-6-20)17-28-13-1-2-14-28/h5-12,23H,1-4,13-19H2,(H,27,30)/t23-/m1/s1.